The van der Waals surface area contributed by atoms with Crippen LogP contribution in [0.5, 0.6) is 0 Å². The molecule has 2 rings (SSSR count). The van der Waals surface area contributed by atoms with Crippen LogP contribution in [-0.2, 0) is 9.53 Å². The van der Waals surface area contributed by atoms with Crippen molar-refractivity contribution < 1.29 is 14.3 Å². The second kappa shape index (κ2) is 8.15. The number of carbonyl (C=O) groups is 2. The molecule has 0 atom stereocenters. The maximum atomic E-state index is 11.9. The minimum absolute atomic E-state index is 0.302. The van der Waals surface area contributed by atoms with Gasteiger partial charge in [0.1, 0.15) is 0 Å². The maximum absolute atomic E-state index is 11.9. The third kappa shape index (κ3) is 4.97. The van der Waals surface area contributed by atoms with Gasteiger partial charge >= 0.3 is 5.97 Å². The third-order valence-electron chi connectivity index (χ3n) is 2.96. The van der Waals surface area contributed by atoms with E-state index in [1.807, 2.05) is 18.2 Å². The van der Waals surface area contributed by atoms with Crippen LogP contribution < -0.4 is 5.32 Å². The highest BCUT2D eigenvalue weighted by molar-refractivity contribution is 6.32. The van der Waals surface area contributed by atoms with Crippen LogP contribution in [0.2, 0.25) is 5.02 Å². The molecule has 0 aliphatic carbocycles. The number of esters is 1. The van der Waals surface area contributed by atoms with Gasteiger partial charge in [-0.05, 0) is 42.8 Å². The first-order valence-electron chi connectivity index (χ1n) is 7.11. The molecule has 2 aromatic rings. The second-order valence-corrected chi connectivity index (χ2v) is 5.05. The van der Waals surface area contributed by atoms with Crippen molar-refractivity contribution in [3.63, 3.8) is 0 Å². The fraction of sp³-hybridized carbons (Fsp3) is 0.111. The summed E-state index contributed by atoms with van der Waals surface area (Å²) >= 11 is 6.02. The standard InChI is InChI=1S/C18H16ClNO3/c1-2-23-18(22)14-7-5-8-15(12-14)20-17(21)11-10-13-6-3-4-9-16(13)19/h3-12H,2H2,1H3,(H,20,21)/b11-10+. The monoisotopic (exact) mass is 329 g/mol. The number of ether oxygens (including phenoxy) is 1. The normalized spacial score (nSPS) is 10.5. The number of carbonyl (C=O) groups excluding carboxylic acids is 2. The van der Waals surface area contributed by atoms with Gasteiger partial charge in [-0.1, -0.05) is 35.9 Å². The molecule has 0 spiro atoms. The summed E-state index contributed by atoms with van der Waals surface area (Å²) in [5, 5.41) is 3.26. The Morgan fingerprint density at radius 3 is 2.70 bits per heavy atom. The molecule has 0 aliphatic rings. The minimum Gasteiger partial charge on any atom is -0.462 e. The summed E-state index contributed by atoms with van der Waals surface area (Å²) in [5.74, 6) is -0.735. The summed E-state index contributed by atoms with van der Waals surface area (Å²) in [4.78, 5) is 23.6. The molecule has 0 fully saturated rings. The molecule has 0 radical (unpaired) electrons. The summed E-state index contributed by atoms with van der Waals surface area (Å²) in [7, 11) is 0. The van der Waals surface area contributed by atoms with Crippen molar-refractivity contribution in [1.82, 2.24) is 0 Å². The molecule has 0 saturated heterocycles. The zero-order chi connectivity index (χ0) is 16.7. The highest BCUT2D eigenvalue weighted by Gasteiger charge is 2.07. The lowest BCUT2D eigenvalue weighted by Gasteiger charge is -2.05. The quantitative estimate of drug-likeness (QED) is 0.661. The lowest BCUT2D eigenvalue weighted by Crippen LogP contribution is -2.09. The van der Waals surface area contributed by atoms with Crippen molar-refractivity contribution in [1.29, 1.82) is 0 Å². The molecule has 0 heterocycles. The molecule has 1 N–H and O–H groups in total. The van der Waals surface area contributed by atoms with Gasteiger partial charge in [-0.2, -0.15) is 0 Å². The number of anilines is 1. The van der Waals surface area contributed by atoms with Gasteiger partial charge in [0.2, 0.25) is 5.91 Å². The fourth-order valence-corrected chi connectivity index (χ4v) is 2.10. The highest BCUT2D eigenvalue weighted by atomic mass is 35.5. The van der Waals surface area contributed by atoms with Crippen LogP contribution in [0.15, 0.2) is 54.6 Å². The Kier molecular flexibility index (Phi) is 5.94. The first-order chi connectivity index (χ1) is 11.1. The minimum atomic E-state index is -0.421. The molecule has 0 aromatic heterocycles. The summed E-state index contributed by atoms with van der Waals surface area (Å²) in [5.41, 5.74) is 1.66. The van der Waals surface area contributed by atoms with Crippen LogP contribution in [0.4, 0.5) is 5.69 Å². The predicted octanol–water partition coefficient (Wildman–Crippen LogP) is 4.17. The van der Waals surface area contributed by atoms with Crippen LogP contribution in [0.3, 0.4) is 0 Å². The Morgan fingerprint density at radius 2 is 1.96 bits per heavy atom. The van der Waals surface area contributed by atoms with E-state index in [4.69, 9.17) is 16.3 Å². The molecular formula is C18H16ClNO3. The van der Waals surface area contributed by atoms with E-state index in [1.54, 1.807) is 43.3 Å². The molecule has 4 nitrogen and oxygen atoms in total. The average molecular weight is 330 g/mol. The van der Waals surface area contributed by atoms with Gasteiger partial charge in [-0.3, -0.25) is 4.79 Å². The zero-order valence-corrected chi connectivity index (χ0v) is 13.3. The zero-order valence-electron chi connectivity index (χ0n) is 12.6. The van der Waals surface area contributed by atoms with Gasteiger partial charge in [0.05, 0.1) is 12.2 Å². The van der Waals surface area contributed by atoms with Crippen LogP contribution in [0, 0.1) is 0 Å². The van der Waals surface area contributed by atoms with Gasteiger partial charge in [0.25, 0.3) is 0 Å². The molecule has 0 bridgehead atoms. The number of hydrogen-bond donors (Lipinski definition) is 1. The fourth-order valence-electron chi connectivity index (χ4n) is 1.90. The van der Waals surface area contributed by atoms with Gasteiger partial charge in [0, 0.05) is 16.8 Å². The van der Waals surface area contributed by atoms with Gasteiger partial charge < -0.3 is 10.1 Å². The average Bonchev–Trinajstić information content (AvgIpc) is 2.54. The van der Waals surface area contributed by atoms with E-state index in [0.29, 0.717) is 22.9 Å². The Labute approximate surface area is 139 Å². The molecule has 0 aliphatic heterocycles. The topological polar surface area (TPSA) is 55.4 Å². The Hall–Kier alpha value is -2.59. The summed E-state index contributed by atoms with van der Waals surface area (Å²) in [6.45, 7) is 2.04. The Bertz CT molecular complexity index is 741. The van der Waals surface area contributed by atoms with Crippen molar-refractivity contribution >= 4 is 35.2 Å². The number of amides is 1. The van der Waals surface area contributed by atoms with E-state index < -0.39 is 5.97 Å². The smallest absolute Gasteiger partial charge is 0.338 e. The van der Waals surface area contributed by atoms with Crippen LogP contribution in [0.1, 0.15) is 22.8 Å². The van der Waals surface area contributed by atoms with Crippen molar-refractivity contribution in [2.45, 2.75) is 6.92 Å². The highest BCUT2D eigenvalue weighted by Crippen LogP contribution is 2.16. The SMILES string of the molecule is CCOC(=O)c1cccc(NC(=O)/C=C/c2ccccc2Cl)c1. The second-order valence-electron chi connectivity index (χ2n) is 4.65. The molecule has 0 unspecified atom stereocenters. The molecule has 118 valence electrons. The molecule has 1 amide bonds. The first-order valence-corrected chi connectivity index (χ1v) is 7.48. The van der Waals surface area contributed by atoms with Gasteiger partial charge in [0.15, 0.2) is 0 Å². The largest absolute Gasteiger partial charge is 0.462 e. The van der Waals surface area contributed by atoms with Crippen LogP contribution in [0.25, 0.3) is 6.08 Å². The van der Waals surface area contributed by atoms with E-state index in [9.17, 15) is 9.59 Å². The van der Waals surface area contributed by atoms with E-state index in [1.165, 1.54) is 6.08 Å². The third-order valence-corrected chi connectivity index (χ3v) is 3.30. The van der Waals surface area contributed by atoms with E-state index in [0.717, 1.165) is 5.56 Å². The van der Waals surface area contributed by atoms with Crippen molar-refractivity contribution in [3.05, 3.63) is 70.8 Å². The van der Waals surface area contributed by atoms with Crippen molar-refractivity contribution in [2.24, 2.45) is 0 Å². The summed E-state index contributed by atoms with van der Waals surface area (Å²) in [6, 6.07) is 13.8. The lowest BCUT2D eigenvalue weighted by atomic mass is 10.2. The molecule has 23 heavy (non-hydrogen) atoms. The lowest BCUT2D eigenvalue weighted by molar-refractivity contribution is -0.111. The number of benzene rings is 2. The number of rotatable bonds is 5. The molecule has 5 heteroatoms. The predicted molar refractivity (Wildman–Crippen MR) is 91.5 cm³/mol. The molecular weight excluding hydrogens is 314 g/mol. The summed E-state index contributed by atoms with van der Waals surface area (Å²) < 4.78 is 4.93. The Balaban J connectivity index is 2.04. The van der Waals surface area contributed by atoms with Gasteiger partial charge in [-0.25, -0.2) is 4.79 Å². The number of nitrogens with one attached hydrogen (secondary N) is 1. The molecule has 0 saturated carbocycles. The molecule has 2 aromatic carbocycles. The van der Waals surface area contributed by atoms with E-state index in [-0.39, 0.29) is 5.91 Å². The van der Waals surface area contributed by atoms with E-state index in [2.05, 4.69) is 5.32 Å². The van der Waals surface area contributed by atoms with Crippen molar-refractivity contribution in [3.8, 4) is 0 Å². The van der Waals surface area contributed by atoms with Crippen LogP contribution in [-0.4, -0.2) is 18.5 Å². The van der Waals surface area contributed by atoms with Crippen molar-refractivity contribution in [2.75, 3.05) is 11.9 Å². The number of hydrogen-bond acceptors (Lipinski definition) is 3. The van der Waals surface area contributed by atoms with E-state index >= 15 is 0 Å². The van der Waals surface area contributed by atoms with Gasteiger partial charge in [-0.15, -0.1) is 0 Å². The maximum Gasteiger partial charge on any atom is 0.338 e. The van der Waals surface area contributed by atoms with Crippen LogP contribution >= 0.6 is 11.6 Å². The first kappa shape index (κ1) is 16.8. The summed E-state index contributed by atoms with van der Waals surface area (Å²) in [6.07, 6.45) is 3.02. The number of halogens is 1. The Morgan fingerprint density at radius 1 is 1.17 bits per heavy atom.